The molecule has 10 nitrogen and oxygen atoms in total. The SMILES string of the molecule is CCC(=O)N(c1cccnc1)C(Nc1ccc(OCCCC(=O)O)cc1)C(=O)N(CC)c1ccccn1. The van der Waals surface area contributed by atoms with E-state index in [0.29, 0.717) is 35.9 Å². The first-order valence-corrected chi connectivity index (χ1v) is 12.1. The van der Waals surface area contributed by atoms with Gasteiger partial charge in [-0.2, -0.15) is 0 Å². The average Bonchev–Trinajstić information content (AvgIpc) is 2.93. The van der Waals surface area contributed by atoms with E-state index >= 15 is 0 Å². The molecule has 1 atom stereocenters. The van der Waals surface area contributed by atoms with Crippen LogP contribution in [0.5, 0.6) is 5.75 Å². The second-order valence-corrected chi connectivity index (χ2v) is 8.02. The molecule has 2 heterocycles. The highest BCUT2D eigenvalue weighted by atomic mass is 16.5. The Bertz CT molecular complexity index is 1160. The monoisotopic (exact) mass is 505 g/mol. The molecule has 0 aliphatic heterocycles. The van der Waals surface area contributed by atoms with Crippen molar-refractivity contribution >= 4 is 35.0 Å². The number of carbonyl (C=O) groups is 3. The summed E-state index contributed by atoms with van der Waals surface area (Å²) in [6.07, 6.45) is 4.28. The minimum atomic E-state index is -1.08. The number of amides is 2. The summed E-state index contributed by atoms with van der Waals surface area (Å²) in [6.45, 7) is 4.20. The van der Waals surface area contributed by atoms with E-state index in [0.717, 1.165) is 0 Å². The molecule has 0 fully saturated rings. The van der Waals surface area contributed by atoms with Crippen LogP contribution >= 0.6 is 0 Å². The number of anilines is 3. The maximum atomic E-state index is 13.9. The zero-order valence-corrected chi connectivity index (χ0v) is 20.9. The molecule has 3 rings (SSSR count). The van der Waals surface area contributed by atoms with E-state index in [2.05, 4.69) is 15.3 Å². The van der Waals surface area contributed by atoms with Gasteiger partial charge in [0.2, 0.25) is 5.91 Å². The Morgan fingerprint density at radius 3 is 2.41 bits per heavy atom. The van der Waals surface area contributed by atoms with Crippen LogP contribution in [-0.4, -0.2) is 52.2 Å². The van der Waals surface area contributed by atoms with Gasteiger partial charge in [-0.25, -0.2) is 4.98 Å². The van der Waals surface area contributed by atoms with Crippen molar-refractivity contribution in [2.45, 2.75) is 39.3 Å². The Morgan fingerprint density at radius 2 is 1.81 bits per heavy atom. The Morgan fingerprint density at radius 1 is 1.03 bits per heavy atom. The van der Waals surface area contributed by atoms with Gasteiger partial charge in [0.15, 0.2) is 6.17 Å². The number of carboxylic acids is 1. The highest BCUT2D eigenvalue weighted by Crippen LogP contribution is 2.24. The molecule has 2 aromatic heterocycles. The summed E-state index contributed by atoms with van der Waals surface area (Å²) in [6, 6.07) is 15.7. The van der Waals surface area contributed by atoms with E-state index in [9.17, 15) is 14.4 Å². The number of hydrogen-bond acceptors (Lipinski definition) is 7. The van der Waals surface area contributed by atoms with Crippen LogP contribution in [0, 0.1) is 0 Å². The molecule has 3 aromatic rings. The third-order valence-corrected chi connectivity index (χ3v) is 5.46. The number of benzene rings is 1. The van der Waals surface area contributed by atoms with Crippen LogP contribution in [0.15, 0.2) is 73.2 Å². The van der Waals surface area contributed by atoms with Gasteiger partial charge >= 0.3 is 5.97 Å². The van der Waals surface area contributed by atoms with Crippen molar-refractivity contribution in [2.24, 2.45) is 0 Å². The van der Waals surface area contributed by atoms with Crippen molar-refractivity contribution in [1.29, 1.82) is 0 Å². The minimum Gasteiger partial charge on any atom is -0.494 e. The van der Waals surface area contributed by atoms with Gasteiger partial charge in [0, 0.05) is 37.5 Å². The highest BCUT2D eigenvalue weighted by molar-refractivity contribution is 6.06. The zero-order valence-electron chi connectivity index (χ0n) is 20.9. The minimum absolute atomic E-state index is 0.0310. The van der Waals surface area contributed by atoms with Crippen molar-refractivity contribution in [3.8, 4) is 5.75 Å². The van der Waals surface area contributed by atoms with Crippen LogP contribution in [-0.2, 0) is 14.4 Å². The molecule has 0 bridgehead atoms. The van der Waals surface area contributed by atoms with Crippen molar-refractivity contribution in [1.82, 2.24) is 9.97 Å². The molecule has 2 amide bonds. The fraction of sp³-hybridized carbons (Fsp3) is 0.296. The number of hydrogen-bond donors (Lipinski definition) is 2. The van der Waals surface area contributed by atoms with Crippen LogP contribution < -0.4 is 19.9 Å². The van der Waals surface area contributed by atoms with Gasteiger partial charge in [0.05, 0.1) is 18.5 Å². The first-order chi connectivity index (χ1) is 17.9. The predicted molar refractivity (Wildman–Crippen MR) is 140 cm³/mol. The maximum Gasteiger partial charge on any atom is 0.303 e. The third-order valence-electron chi connectivity index (χ3n) is 5.46. The van der Waals surface area contributed by atoms with Gasteiger partial charge < -0.3 is 15.2 Å². The number of rotatable bonds is 13. The number of aliphatic carboxylic acids is 1. The van der Waals surface area contributed by atoms with Gasteiger partial charge in [0.25, 0.3) is 5.91 Å². The van der Waals surface area contributed by atoms with Gasteiger partial charge in [-0.15, -0.1) is 0 Å². The lowest BCUT2D eigenvalue weighted by Gasteiger charge is -2.34. The molecule has 37 heavy (non-hydrogen) atoms. The number of aromatic nitrogens is 2. The van der Waals surface area contributed by atoms with Gasteiger partial charge in [-0.3, -0.25) is 29.2 Å². The molecule has 0 aliphatic carbocycles. The summed E-state index contributed by atoms with van der Waals surface area (Å²) < 4.78 is 5.60. The second-order valence-electron chi connectivity index (χ2n) is 8.02. The first-order valence-electron chi connectivity index (χ1n) is 12.1. The van der Waals surface area contributed by atoms with E-state index in [1.165, 1.54) is 9.80 Å². The van der Waals surface area contributed by atoms with Gasteiger partial charge in [0.1, 0.15) is 11.6 Å². The number of carboxylic acid groups (broad SMARTS) is 1. The number of pyridine rings is 2. The maximum absolute atomic E-state index is 13.9. The lowest BCUT2D eigenvalue weighted by Crippen LogP contribution is -2.55. The van der Waals surface area contributed by atoms with E-state index in [1.807, 2.05) is 6.92 Å². The van der Waals surface area contributed by atoms with Crippen LogP contribution in [0.2, 0.25) is 0 Å². The van der Waals surface area contributed by atoms with Gasteiger partial charge in [-0.05, 0) is 61.9 Å². The molecule has 0 saturated heterocycles. The van der Waals surface area contributed by atoms with Crippen LogP contribution in [0.3, 0.4) is 0 Å². The molecule has 0 saturated carbocycles. The summed E-state index contributed by atoms with van der Waals surface area (Å²) in [5.74, 6) is -0.445. The van der Waals surface area contributed by atoms with E-state index in [4.69, 9.17) is 9.84 Å². The molecule has 2 N–H and O–H groups in total. The van der Waals surface area contributed by atoms with Crippen LogP contribution in [0.1, 0.15) is 33.1 Å². The third kappa shape index (κ3) is 7.50. The van der Waals surface area contributed by atoms with Gasteiger partial charge in [-0.1, -0.05) is 13.0 Å². The van der Waals surface area contributed by atoms with Crippen LogP contribution in [0.4, 0.5) is 17.2 Å². The van der Waals surface area contributed by atoms with Crippen molar-refractivity contribution in [3.05, 3.63) is 73.2 Å². The Kier molecular flexibility index (Phi) is 9.95. The molecule has 0 aliphatic rings. The van der Waals surface area contributed by atoms with E-state index < -0.39 is 12.1 Å². The largest absolute Gasteiger partial charge is 0.494 e. The van der Waals surface area contributed by atoms with E-state index in [1.54, 1.807) is 80.1 Å². The molecular formula is C27H31N5O5. The number of carbonyl (C=O) groups excluding carboxylic acids is 2. The van der Waals surface area contributed by atoms with Crippen molar-refractivity contribution in [3.63, 3.8) is 0 Å². The first kappa shape index (κ1) is 27.1. The number of nitrogens with one attached hydrogen (secondary N) is 1. The fourth-order valence-electron chi connectivity index (χ4n) is 3.65. The smallest absolute Gasteiger partial charge is 0.303 e. The lowest BCUT2D eigenvalue weighted by molar-refractivity contribution is -0.137. The topological polar surface area (TPSA) is 125 Å². The summed E-state index contributed by atoms with van der Waals surface area (Å²) in [7, 11) is 0. The molecule has 10 heteroatoms. The highest BCUT2D eigenvalue weighted by Gasteiger charge is 2.34. The Balaban J connectivity index is 1.91. The van der Waals surface area contributed by atoms with Crippen LogP contribution in [0.25, 0.3) is 0 Å². The summed E-state index contributed by atoms with van der Waals surface area (Å²) in [5.41, 5.74) is 1.07. The number of likely N-dealkylation sites (N-methyl/N-ethyl adjacent to an activating group) is 1. The molecule has 194 valence electrons. The molecule has 1 aromatic carbocycles. The molecule has 0 spiro atoms. The quantitative estimate of drug-likeness (QED) is 0.264. The normalized spacial score (nSPS) is 11.3. The Hall–Kier alpha value is -4.47. The lowest BCUT2D eigenvalue weighted by atomic mass is 10.2. The number of nitrogens with zero attached hydrogens (tertiary/aromatic N) is 4. The average molecular weight is 506 g/mol. The zero-order chi connectivity index (χ0) is 26.6. The van der Waals surface area contributed by atoms with Crippen molar-refractivity contribution in [2.75, 3.05) is 28.3 Å². The predicted octanol–water partition coefficient (Wildman–Crippen LogP) is 3.95. The molecule has 1 unspecified atom stereocenters. The molecule has 0 radical (unpaired) electrons. The molecular weight excluding hydrogens is 474 g/mol. The fourth-order valence-corrected chi connectivity index (χ4v) is 3.65. The number of ether oxygens (including phenoxy) is 1. The Labute approximate surface area is 215 Å². The summed E-state index contributed by atoms with van der Waals surface area (Å²) >= 11 is 0. The standard InChI is InChI=1S/C27H31N5O5/c1-3-24(33)32(21-9-7-16-28-19-21)26(27(36)31(4-2)23-10-5-6-17-29-23)30-20-12-14-22(15-13-20)37-18-8-11-25(34)35/h5-7,9-10,12-17,19,26,30H,3-4,8,11,18H2,1-2H3,(H,34,35). The van der Waals surface area contributed by atoms with E-state index in [-0.39, 0.29) is 31.3 Å². The summed E-state index contributed by atoms with van der Waals surface area (Å²) in [4.78, 5) is 49.2. The second kappa shape index (κ2) is 13.6. The van der Waals surface area contributed by atoms with Crippen molar-refractivity contribution < 1.29 is 24.2 Å². The summed E-state index contributed by atoms with van der Waals surface area (Å²) in [5, 5.41) is 12.0.